The molecule has 0 saturated carbocycles. The van der Waals surface area contributed by atoms with Crippen LogP contribution in [0.3, 0.4) is 0 Å². The van der Waals surface area contributed by atoms with E-state index in [1.807, 2.05) is 0 Å². The number of benzene rings is 3. The van der Waals surface area contributed by atoms with Crippen molar-refractivity contribution in [2.75, 3.05) is 18.1 Å². The minimum atomic E-state index is -3.67. The van der Waals surface area contributed by atoms with Crippen molar-refractivity contribution in [3.63, 3.8) is 0 Å². The van der Waals surface area contributed by atoms with E-state index in [1.165, 1.54) is 32.0 Å². The third-order valence-electron chi connectivity index (χ3n) is 5.70. The van der Waals surface area contributed by atoms with E-state index in [2.05, 4.69) is 10.6 Å². The van der Waals surface area contributed by atoms with Crippen molar-refractivity contribution in [3.8, 4) is 11.1 Å². The van der Waals surface area contributed by atoms with Crippen LogP contribution < -0.4 is 16.4 Å². The van der Waals surface area contributed by atoms with Crippen LogP contribution in [0.15, 0.2) is 66.7 Å². The lowest BCUT2D eigenvalue weighted by Crippen LogP contribution is -2.38. The molecule has 0 radical (unpaired) electrons. The van der Waals surface area contributed by atoms with Crippen molar-refractivity contribution in [2.45, 2.75) is 13.8 Å². The highest BCUT2D eigenvalue weighted by Crippen LogP contribution is 2.29. The van der Waals surface area contributed by atoms with Crippen LogP contribution >= 0.6 is 0 Å². The van der Waals surface area contributed by atoms with Gasteiger partial charge in [-0.1, -0.05) is 24.3 Å². The molecule has 0 unspecified atom stereocenters. The Morgan fingerprint density at radius 3 is 1.90 bits per heavy atom. The average molecular weight is 599 g/mol. The molecule has 222 valence electrons. The molecule has 0 aromatic heterocycles. The van der Waals surface area contributed by atoms with E-state index in [0.717, 1.165) is 0 Å². The van der Waals surface area contributed by atoms with Gasteiger partial charge in [0.25, 0.3) is 21.9 Å². The molecule has 42 heavy (non-hydrogen) atoms. The van der Waals surface area contributed by atoms with Gasteiger partial charge in [-0.2, -0.15) is 8.42 Å². The largest absolute Gasteiger partial charge is 0.481 e. The molecule has 0 aliphatic carbocycles. The maximum atomic E-state index is 13.1. The van der Waals surface area contributed by atoms with Crippen LogP contribution in [0.5, 0.6) is 0 Å². The highest BCUT2D eigenvalue weighted by molar-refractivity contribution is 7.85. The number of rotatable bonds is 9. The number of carboxylic acids is 2. The van der Waals surface area contributed by atoms with Gasteiger partial charge in [0.2, 0.25) is 0 Å². The van der Waals surface area contributed by atoms with Crippen LogP contribution in [0.2, 0.25) is 0 Å². The molecule has 0 spiro atoms. The van der Waals surface area contributed by atoms with Crippen LogP contribution in [-0.2, 0) is 14.9 Å². The SMILES string of the molecule is CC(C)(CNC(=O)c1ccc(-c2ccccc2C(=O)Nc2ccc(C(=N)N)cc2)c(C(=O)O)c1)C(=O)O.CS(=O)(=O)O. The van der Waals surface area contributed by atoms with E-state index >= 15 is 0 Å². The Labute approximate surface area is 241 Å². The molecule has 0 aliphatic rings. The molecule has 14 heteroatoms. The van der Waals surface area contributed by atoms with Crippen LogP contribution in [0.4, 0.5) is 5.69 Å². The zero-order valence-corrected chi connectivity index (χ0v) is 23.7. The maximum absolute atomic E-state index is 13.1. The smallest absolute Gasteiger partial charge is 0.336 e. The number of anilines is 1. The van der Waals surface area contributed by atoms with Gasteiger partial charge in [0.15, 0.2) is 0 Å². The van der Waals surface area contributed by atoms with E-state index in [0.29, 0.717) is 23.1 Å². The lowest BCUT2D eigenvalue weighted by atomic mass is 9.92. The summed E-state index contributed by atoms with van der Waals surface area (Å²) in [5.74, 6) is -3.60. The number of aliphatic carboxylic acids is 1. The standard InChI is InChI=1S/C27H26N4O6.CH4O3S/c1-27(2,26(36)37)14-30-23(32)16-9-12-19(21(13-16)25(34)35)18-5-3-4-6-20(18)24(33)31-17-10-7-15(8-11-17)22(28)29;1-5(2,3)4/h3-13H,14H2,1-2H3,(H3,28,29)(H,30,32)(H,31,33)(H,34,35)(H,36,37);1H3,(H,2,3,4). The molecule has 0 fully saturated rings. The van der Waals surface area contributed by atoms with E-state index < -0.39 is 39.3 Å². The molecule has 3 aromatic rings. The third kappa shape index (κ3) is 9.53. The van der Waals surface area contributed by atoms with Gasteiger partial charge in [0.1, 0.15) is 5.84 Å². The number of nitrogens with one attached hydrogen (secondary N) is 3. The van der Waals surface area contributed by atoms with Crippen molar-refractivity contribution in [1.29, 1.82) is 5.41 Å². The second-order valence-electron chi connectivity index (χ2n) is 9.66. The van der Waals surface area contributed by atoms with Crippen molar-refractivity contribution in [2.24, 2.45) is 11.1 Å². The lowest BCUT2D eigenvalue weighted by Gasteiger charge is -2.19. The zero-order chi connectivity index (χ0) is 31.8. The minimum absolute atomic E-state index is 0.0369. The Bertz CT molecular complexity index is 1630. The Morgan fingerprint density at radius 1 is 0.857 bits per heavy atom. The van der Waals surface area contributed by atoms with Crippen LogP contribution in [0, 0.1) is 10.8 Å². The average Bonchev–Trinajstić information content (AvgIpc) is 2.90. The molecule has 0 atom stereocenters. The van der Waals surface area contributed by atoms with Gasteiger partial charge < -0.3 is 26.6 Å². The molecular formula is C28H30N4O9S. The summed E-state index contributed by atoms with van der Waals surface area (Å²) in [5, 5.41) is 31.8. The van der Waals surface area contributed by atoms with Crippen molar-refractivity contribution in [1.82, 2.24) is 5.32 Å². The summed E-state index contributed by atoms with van der Waals surface area (Å²) in [5.41, 5.74) is 5.83. The number of hydrogen-bond donors (Lipinski definition) is 7. The molecular weight excluding hydrogens is 568 g/mol. The van der Waals surface area contributed by atoms with Crippen LogP contribution in [0.1, 0.15) is 50.5 Å². The number of carbonyl (C=O) groups excluding carboxylic acids is 2. The summed E-state index contributed by atoms with van der Waals surface area (Å²) in [7, 11) is -3.67. The molecule has 0 heterocycles. The normalized spacial score (nSPS) is 11.0. The number of aromatic carboxylic acids is 1. The Kier molecular flexibility index (Phi) is 10.7. The van der Waals surface area contributed by atoms with Crippen molar-refractivity contribution in [3.05, 3.63) is 89.0 Å². The van der Waals surface area contributed by atoms with Gasteiger partial charge in [-0.15, -0.1) is 0 Å². The van der Waals surface area contributed by atoms with Gasteiger partial charge in [-0.05, 0) is 67.4 Å². The van der Waals surface area contributed by atoms with E-state index in [9.17, 15) is 37.8 Å². The first kappa shape index (κ1) is 33.1. The van der Waals surface area contributed by atoms with Crippen LogP contribution in [0.25, 0.3) is 11.1 Å². The molecule has 0 bridgehead atoms. The predicted octanol–water partition coefficient (Wildman–Crippen LogP) is 2.93. The number of carbonyl (C=O) groups is 4. The number of nitrogen functional groups attached to an aromatic ring is 1. The van der Waals surface area contributed by atoms with E-state index in [4.69, 9.17) is 15.7 Å². The second-order valence-corrected chi connectivity index (χ2v) is 11.1. The van der Waals surface area contributed by atoms with Crippen LogP contribution in [-0.4, -0.2) is 65.6 Å². The predicted molar refractivity (Wildman–Crippen MR) is 155 cm³/mol. The van der Waals surface area contributed by atoms with Gasteiger partial charge >= 0.3 is 11.9 Å². The molecule has 2 amide bonds. The first-order valence-electron chi connectivity index (χ1n) is 12.1. The van der Waals surface area contributed by atoms with Gasteiger partial charge in [-0.3, -0.25) is 24.3 Å². The van der Waals surface area contributed by atoms with E-state index in [-0.39, 0.29) is 34.6 Å². The fraction of sp³-hybridized carbons (Fsp3) is 0.179. The molecule has 3 aromatic carbocycles. The molecule has 3 rings (SSSR count). The Balaban J connectivity index is 0.00000113. The molecule has 0 saturated heterocycles. The summed E-state index contributed by atoms with van der Waals surface area (Å²) in [6, 6.07) is 16.9. The summed E-state index contributed by atoms with van der Waals surface area (Å²) in [6.07, 6.45) is 0.715. The summed E-state index contributed by atoms with van der Waals surface area (Å²) >= 11 is 0. The van der Waals surface area contributed by atoms with Crippen molar-refractivity contribution >= 4 is 45.4 Å². The van der Waals surface area contributed by atoms with Gasteiger partial charge in [0.05, 0.1) is 17.2 Å². The fourth-order valence-electron chi connectivity index (χ4n) is 3.42. The Morgan fingerprint density at radius 2 is 1.38 bits per heavy atom. The van der Waals surface area contributed by atoms with Gasteiger partial charge in [-0.25, -0.2) is 4.79 Å². The minimum Gasteiger partial charge on any atom is -0.481 e. The summed E-state index contributed by atoms with van der Waals surface area (Å²) < 4.78 is 25.9. The second kappa shape index (κ2) is 13.5. The first-order valence-corrected chi connectivity index (χ1v) is 13.9. The first-order chi connectivity index (χ1) is 19.4. The molecule has 13 nitrogen and oxygen atoms in total. The number of amidine groups is 1. The third-order valence-corrected chi connectivity index (χ3v) is 5.70. The highest BCUT2D eigenvalue weighted by atomic mass is 32.2. The number of amides is 2. The molecule has 8 N–H and O–H groups in total. The topological polar surface area (TPSA) is 237 Å². The number of hydrogen-bond acceptors (Lipinski definition) is 7. The van der Waals surface area contributed by atoms with Gasteiger partial charge in [0, 0.05) is 28.9 Å². The summed E-state index contributed by atoms with van der Waals surface area (Å²) in [4.78, 5) is 49.1. The van der Waals surface area contributed by atoms with E-state index in [1.54, 1.807) is 48.5 Å². The molecule has 0 aliphatic heterocycles. The highest BCUT2D eigenvalue weighted by Gasteiger charge is 2.28. The summed E-state index contributed by atoms with van der Waals surface area (Å²) in [6.45, 7) is 2.77. The number of nitrogens with two attached hydrogens (primary N) is 1. The number of carboxylic acid groups (broad SMARTS) is 2. The maximum Gasteiger partial charge on any atom is 0.336 e. The zero-order valence-electron chi connectivity index (χ0n) is 22.8. The van der Waals surface area contributed by atoms with Crippen molar-refractivity contribution < 1.29 is 42.4 Å². The Hall–Kier alpha value is -5.08. The quantitative estimate of drug-likeness (QED) is 0.108. The fourth-order valence-corrected chi connectivity index (χ4v) is 3.42. The monoisotopic (exact) mass is 598 g/mol. The lowest BCUT2D eigenvalue weighted by molar-refractivity contribution is -0.146.